The number of carbonyl (C=O) groups excluding carboxylic acids is 1. The molecule has 0 radical (unpaired) electrons. The molecule has 0 aliphatic carbocycles. The van der Waals surface area contributed by atoms with Gasteiger partial charge in [-0.1, -0.05) is 66.7 Å². The van der Waals surface area contributed by atoms with Crippen molar-refractivity contribution in [2.75, 3.05) is 0 Å². The number of carbonyl (C=O) groups is 1. The van der Waals surface area contributed by atoms with Gasteiger partial charge in [0, 0.05) is 6.42 Å². The van der Waals surface area contributed by atoms with E-state index in [4.69, 9.17) is 0 Å². The highest BCUT2D eigenvalue weighted by atomic mass is 16.1. The van der Waals surface area contributed by atoms with Gasteiger partial charge in [-0.25, -0.2) is 0 Å². The first-order valence-corrected chi connectivity index (χ1v) is 6.10. The van der Waals surface area contributed by atoms with Crippen LogP contribution in [0.2, 0.25) is 0 Å². The normalized spacial score (nSPS) is 11.2. The molecule has 0 fully saturated rings. The van der Waals surface area contributed by atoms with Crippen LogP contribution >= 0.6 is 0 Å². The molecule has 2 rings (SSSR count). The summed E-state index contributed by atoms with van der Waals surface area (Å²) in [5.74, 6) is 0. The second-order valence-corrected chi connectivity index (χ2v) is 4.25. The summed E-state index contributed by atoms with van der Waals surface area (Å²) in [6, 6.07) is 20.2. The highest BCUT2D eigenvalue weighted by Crippen LogP contribution is 2.08. The van der Waals surface area contributed by atoms with Gasteiger partial charge in [-0.15, -0.1) is 0 Å². The number of hydrogen-bond donors (Lipinski definition) is 0. The van der Waals surface area contributed by atoms with Crippen LogP contribution < -0.4 is 0 Å². The third-order valence-corrected chi connectivity index (χ3v) is 2.85. The lowest BCUT2D eigenvalue weighted by molar-refractivity contribution is -0.105. The van der Waals surface area contributed by atoms with Crippen molar-refractivity contribution in [3.8, 4) is 0 Å². The molecule has 0 heterocycles. The highest BCUT2D eigenvalue weighted by molar-refractivity contribution is 5.74. The van der Waals surface area contributed by atoms with Gasteiger partial charge in [0.25, 0.3) is 0 Å². The molecule has 18 heavy (non-hydrogen) atoms. The Balaban J connectivity index is 2.03. The van der Waals surface area contributed by atoms with E-state index in [1.165, 1.54) is 11.1 Å². The van der Waals surface area contributed by atoms with Crippen molar-refractivity contribution in [1.29, 1.82) is 0 Å². The van der Waals surface area contributed by atoms with Gasteiger partial charge >= 0.3 is 0 Å². The van der Waals surface area contributed by atoms with Crippen LogP contribution in [0.1, 0.15) is 11.1 Å². The average Bonchev–Trinajstić information content (AvgIpc) is 2.45. The van der Waals surface area contributed by atoms with E-state index >= 15 is 0 Å². The first-order chi connectivity index (χ1) is 8.88. The molecule has 0 spiro atoms. The highest BCUT2D eigenvalue weighted by Gasteiger charge is 1.98. The quantitative estimate of drug-likeness (QED) is 0.572. The number of rotatable bonds is 5. The first-order valence-electron chi connectivity index (χ1n) is 6.10. The van der Waals surface area contributed by atoms with E-state index in [-0.39, 0.29) is 0 Å². The van der Waals surface area contributed by atoms with Crippen molar-refractivity contribution >= 4 is 6.29 Å². The summed E-state index contributed by atoms with van der Waals surface area (Å²) in [4.78, 5) is 11.1. The van der Waals surface area contributed by atoms with Crippen LogP contribution in [0.5, 0.6) is 0 Å². The topological polar surface area (TPSA) is 17.1 Å². The van der Waals surface area contributed by atoms with Crippen LogP contribution in [-0.4, -0.2) is 6.29 Å². The van der Waals surface area contributed by atoms with Crippen molar-refractivity contribution in [3.05, 3.63) is 83.4 Å². The fourth-order valence-corrected chi connectivity index (χ4v) is 1.86. The van der Waals surface area contributed by atoms with Crippen LogP contribution in [0.15, 0.2) is 72.3 Å². The molecule has 0 unspecified atom stereocenters. The van der Waals surface area contributed by atoms with Crippen LogP contribution in [0.25, 0.3) is 0 Å². The number of aldehydes is 1. The first kappa shape index (κ1) is 12.3. The molecule has 0 atom stereocenters. The van der Waals surface area contributed by atoms with Gasteiger partial charge in [0.15, 0.2) is 0 Å². The molecule has 1 nitrogen and oxygen atoms in total. The van der Waals surface area contributed by atoms with Crippen molar-refractivity contribution < 1.29 is 4.79 Å². The van der Waals surface area contributed by atoms with E-state index in [1.54, 1.807) is 0 Å². The molecule has 2 aromatic rings. The molecule has 0 aromatic heterocycles. The zero-order valence-electron chi connectivity index (χ0n) is 10.3. The number of hydrogen-bond acceptors (Lipinski definition) is 1. The van der Waals surface area contributed by atoms with Crippen LogP contribution in [0, 0.1) is 0 Å². The Labute approximate surface area is 108 Å². The third-order valence-electron chi connectivity index (χ3n) is 2.85. The van der Waals surface area contributed by atoms with E-state index in [9.17, 15) is 4.79 Å². The van der Waals surface area contributed by atoms with Gasteiger partial charge in [0.05, 0.1) is 0 Å². The molecule has 0 saturated carbocycles. The van der Waals surface area contributed by atoms with Gasteiger partial charge in [0.1, 0.15) is 6.29 Å². The Morgan fingerprint density at radius 1 is 0.833 bits per heavy atom. The SMILES string of the molecule is O=CC(=CCc1ccccc1)Cc1ccccc1. The standard InChI is InChI=1S/C17H16O/c18-14-17(13-16-9-5-2-6-10-16)12-11-15-7-3-1-4-8-15/h1-10,12,14H,11,13H2. The Morgan fingerprint density at radius 2 is 1.39 bits per heavy atom. The average molecular weight is 236 g/mol. The minimum Gasteiger partial charge on any atom is -0.298 e. The molecule has 0 amide bonds. The zero-order chi connectivity index (χ0) is 12.6. The van der Waals surface area contributed by atoms with E-state index in [0.717, 1.165) is 18.3 Å². The van der Waals surface area contributed by atoms with Gasteiger partial charge in [-0.05, 0) is 23.1 Å². The van der Waals surface area contributed by atoms with Crippen molar-refractivity contribution in [3.63, 3.8) is 0 Å². The largest absolute Gasteiger partial charge is 0.298 e. The lowest BCUT2D eigenvalue weighted by Gasteiger charge is -2.01. The van der Waals surface area contributed by atoms with Gasteiger partial charge in [-0.3, -0.25) is 4.79 Å². The molecular weight excluding hydrogens is 220 g/mol. The van der Waals surface area contributed by atoms with E-state index in [0.29, 0.717) is 6.42 Å². The summed E-state index contributed by atoms with van der Waals surface area (Å²) < 4.78 is 0. The fraction of sp³-hybridized carbons (Fsp3) is 0.118. The number of benzene rings is 2. The van der Waals surface area contributed by atoms with Gasteiger partial charge in [0.2, 0.25) is 0 Å². The van der Waals surface area contributed by atoms with Crippen LogP contribution in [-0.2, 0) is 17.6 Å². The lowest BCUT2D eigenvalue weighted by Crippen LogP contribution is -1.93. The van der Waals surface area contributed by atoms with E-state index < -0.39 is 0 Å². The predicted octanol–water partition coefficient (Wildman–Crippen LogP) is 3.60. The summed E-state index contributed by atoms with van der Waals surface area (Å²) in [5, 5.41) is 0. The zero-order valence-corrected chi connectivity index (χ0v) is 10.3. The molecular formula is C17H16O. The van der Waals surface area contributed by atoms with Gasteiger partial charge < -0.3 is 0 Å². The Kier molecular flexibility index (Phi) is 4.48. The van der Waals surface area contributed by atoms with Gasteiger partial charge in [-0.2, -0.15) is 0 Å². The number of allylic oxidation sites excluding steroid dienone is 2. The van der Waals surface area contributed by atoms with E-state index in [2.05, 4.69) is 12.1 Å². The Hall–Kier alpha value is -2.15. The second-order valence-electron chi connectivity index (χ2n) is 4.25. The smallest absolute Gasteiger partial charge is 0.146 e. The monoisotopic (exact) mass is 236 g/mol. The van der Waals surface area contributed by atoms with Crippen molar-refractivity contribution in [2.45, 2.75) is 12.8 Å². The molecule has 90 valence electrons. The Bertz CT molecular complexity index is 512. The minimum atomic E-state index is 0.706. The maximum Gasteiger partial charge on any atom is 0.146 e. The lowest BCUT2D eigenvalue weighted by atomic mass is 10.0. The third kappa shape index (κ3) is 3.70. The predicted molar refractivity (Wildman–Crippen MR) is 74.4 cm³/mol. The van der Waals surface area contributed by atoms with E-state index in [1.807, 2.05) is 54.6 Å². The van der Waals surface area contributed by atoms with Crippen molar-refractivity contribution in [2.24, 2.45) is 0 Å². The van der Waals surface area contributed by atoms with Crippen LogP contribution in [0.3, 0.4) is 0 Å². The maximum absolute atomic E-state index is 11.1. The van der Waals surface area contributed by atoms with Crippen LogP contribution in [0.4, 0.5) is 0 Å². The molecule has 2 aromatic carbocycles. The molecule has 1 heteroatoms. The minimum absolute atomic E-state index is 0.706. The molecule has 0 aliphatic heterocycles. The molecule has 0 N–H and O–H groups in total. The summed E-state index contributed by atoms with van der Waals surface area (Å²) in [5.41, 5.74) is 3.24. The Morgan fingerprint density at radius 3 is 1.94 bits per heavy atom. The van der Waals surface area contributed by atoms with Crippen molar-refractivity contribution in [1.82, 2.24) is 0 Å². The molecule has 0 aliphatic rings. The summed E-state index contributed by atoms with van der Waals surface area (Å²) in [6.45, 7) is 0. The fourth-order valence-electron chi connectivity index (χ4n) is 1.86. The maximum atomic E-state index is 11.1. The summed E-state index contributed by atoms with van der Waals surface area (Å²) in [6.07, 6.45) is 4.48. The molecule has 0 saturated heterocycles. The summed E-state index contributed by atoms with van der Waals surface area (Å²) in [7, 11) is 0. The molecule has 0 bridgehead atoms. The summed E-state index contributed by atoms with van der Waals surface area (Å²) >= 11 is 0. The second kappa shape index (κ2) is 6.55.